The van der Waals surface area contributed by atoms with E-state index < -0.39 is 0 Å². The molecule has 4 rings (SSSR count). The molecule has 0 amide bonds. The predicted molar refractivity (Wildman–Crippen MR) is 92.3 cm³/mol. The minimum atomic E-state index is 0.717. The standard InChI is InChI=1S/C18H17N5/c1-2-23-18-15(12-21-23)17(14-7-3-4-8-16(14)22-18)20-11-13-6-5-9-19-10-13/h3-10,12H,2,11H2,1H3,(H,20,22). The first-order chi connectivity index (χ1) is 11.4. The average molecular weight is 303 g/mol. The van der Waals surface area contributed by atoms with Gasteiger partial charge in [0.15, 0.2) is 5.65 Å². The smallest absolute Gasteiger partial charge is 0.160 e. The molecule has 0 spiro atoms. The molecule has 0 fully saturated rings. The van der Waals surface area contributed by atoms with Gasteiger partial charge in [0, 0.05) is 30.9 Å². The number of fused-ring (bicyclic) bond motifs is 2. The van der Waals surface area contributed by atoms with Gasteiger partial charge in [0.1, 0.15) is 0 Å². The monoisotopic (exact) mass is 303 g/mol. The number of aryl methyl sites for hydroxylation is 1. The number of aromatic nitrogens is 4. The van der Waals surface area contributed by atoms with Gasteiger partial charge in [0.2, 0.25) is 0 Å². The van der Waals surface area contributed by atoms with Gasteiger partial charge in [0.05, 0.1) is 22.8 Å². The molecule has 0 atom stereocenters. The van der Waals surface area contributed by atoms with Crippen LogP contribution in [0.4, 0.5) is 5.69 Å². The summed E-state index contributed by atoms with van der Waals surface area (Å²) in [6, 6.07) is 12.2. The van der Waals surface area contributed by atoms with E-state index in [9.17, 15) is 0 Å². The molecule has 4 aromatic rings. The molecule has 0 saturated heterocycles. The van der Waals surface area contributed by atoms with Crippen molar-refractivity contribution in [2.24, 2.45) is 0 Å². The van der Waals surface area contributed by atoms with Crippen LogP contribution in [-0.4, -0.2) is 19.7 Å². The lowest BCUT2D eigenvalue weighted by molar-refractivity contribution is 0.677. The van der Waals surface area contributed by atoms with Crippen molar-refractivity contribution >= 4 is 27.6 Å². The van der Waals surface area contributed by atoms with E-state index in [4.69, 9.17) is 4.98 Å². The highest BCUT2D eigenvalue weighted by molar-refractivity contribution is 6.06. The molecule has 1 N–H and O–H groups in total. The van der Waals surface area contributed by atoms with Crippen LogP contribution in [0.5, 0.6) is 0 Å². The third kappa shape index (κ3) is 2.40. The van der Waals surface area contributed by atoms with Crippen LogP contribution < -0.4 is 5.32 Å². The third-order valence-corrected chi connectivity index (χ3v) is 3.97. The Balaban J connectivity index is 1.85. The summed E-state index contributed by atoms with van der Waals surface area (Å²) in [5, 5.41) is 10.2. The molecule has 0 aliphatic heterocycles. The van der Waals surface area contributed by atoms with Crippen LogP contribution in [0.15, 0.2) is 55.0 Å². The second-order valence-electron chi connectivity index (χ2n) is 5.42. The Hall–Kier alpha value is -2.95. The van der Waals surface area contributed by atoms with Crippen LogP contribution in [-0.2, 0) is 13.1 Å². The largest absolute Gasteiger partial charge is 0.380 e. The summed E-state index contributed by atoms with van der Waals surface area (Å²) in [4.78, 5) is 8.94. The zero-order valence-corrected chi connectivity index (χ0v) is 12.9. The molecular weight excluding hydrogens is 286 g/mol. The lowest BCUT2D eigenvalue weighted by Crippen LogP contribution is -2.03. The van der Waals surface area contributed by atoms with Crippen LogP contribution >= 0.6 is 0 Å². The number of nitrogens with zero attached hydrogens (tertiary/aromatic N) is 4. The molecule has 5 nitrogen and oxygen atoms in total. The molecule has 0 unspecified atom stereocenters. The number of anilines is 1. The first kappa shape index (κ1) is 13.7. The molecule has 1 aromatic carbocycles. The van der Waals surface area contributed by atoms with Crippen molar-refractivity contribution in [2.75, 3.05) is 5.32 Å². The summed E-state index contributed by atoms with van der Waals surface area (Å²) >= 11 is 0. The lowest BCUT2D eigenvalue weighted by atomic mass is 10.1. The summed E-state index contributed by atoms with van der Waals surface area (Å²) in [5.74, 6) is 0. The summed E-state index contributed by atoms with van der Waals surface area (Å²) < 4.78 is 1.93. The first-order valence-corrected chi connectivity index (χ1v) is 7.74. The van der Waals surface area contributed by atoms with Gasteiger partial charge in [0.25, 0.3) is 0 Å². The number of rotatable bonds is 4. The zero-order valence-electron chi connectivity index (χ0n) is 12.9. The lowest BCUT2D eigenvalue weighted by Gasteiger charge is -2.11. The maximum atomic E-state index is 4.77. The highest BCUT2D eigenvalue weighted by Crippen LogP contribution is 2.30. The Labute approximate surface area is 134 Å². The zero-order chi connectivity index (χ0) is 15.6. The second-order valence-corrected chi connectivity index (χ2v) is 5.42. The van der Waals surface area contributed by atoms with Crippen molar-refractivity contribution in [2.45, 2.75) is 20.0 Å². The number of hydrogen-bond acceptors (Lipinski definition) is 4. The fraction of sp³-hybridized carbons (Fsp3) is 0.167. The van der Waals surface area contributed by atoms with Crippen LogP contribution in [0, 0.1) is 0 Å². The number of nitrogens with one attached hydrogen (secondary N) is 1. The van der Waals surface area contributed by atoms with E-state index in [0.29, 0.717) is 6.54 Å². The van der Waals surface area contributed by atoms with E-state index in [1.54, 1.807) is 6.20 Å². The fourth-order valence-electron chi connectivity index (χ4n) is 2.83. The minimum Gasteiger partial charge on any atom is -0.380 e. The van der Waals surface area contributed by atoms with Crippen molar-refractivity contribution < 1.29 is 0 Å². The molecule has 0 saturated carbocycles. The van der Waals surface area contributed by atoms with Crippen LogP contribution in [0.1, 0.15) is 12.5 Å². The van der Waals surface area contributed by atoms with E-state index in [1.165, 1.54) is 0 Å². The molecule has 5 heteroatoms. The Bertz CT molecular complexity index is 959. The summed E-state index contributed by atoms with van der Waals surface area (Å²) in [7, 11) is 0. The molecule has 3 heterocycles. The maximum Gasteiger partial charge on any atom is 0.160 e. The first-order valence-electron chi connectivity index (χ1n) is 7.74. The van der Waals surface area contributed by atoms with Crippen molar-refractivity contribution in [3.05, 3.63) is 60.6 Å². The van der Waals surface area contributed by atoms with Gasteiger partial charge < -0.3 is 5.32 Å². The molecule has 0 bridgehead atoms. The Morgan fingerprint density at radius 2 is 1.96 bits per heavy atom. The summed E-state index contributed by atoms with van der Waals surface area (Å²) in [6.07, 6.45) is 5.56. The van der Waals surface area contributed by atoms with E-state index >= 15 is 0 Å². The van der Waals surface area contributed by atoms with Gasteiger partial charge in [-0.05, 0) is 24.6 Å². The van der Waals surface area contributed by atoms with Gasteiger partial charge in [-0.1, -0.05) is 24.3 Å². The van der Waals surface area contributed by atoms with Gasteiger partial charge in [-0.3, -0.25) is 4.98 Å². The van der Waals surface area contributed by atoms with Crippen LogP contribution in [0.2, 0.25) is 0 Å². The Morgan fingerprint density at radius 3 is 2.78 bits per heavy atom. The third-order valence-electron chi connectivity index (χ3n) is 3.97. The van der Waals surface area contributed by atoms with Crippen LogP contribution in [0.3, 0.4) is 0 Å². The number of pyridine rings is 2. The molecule has 23 heavy (non-hydrogen) atoms. The quantitative estimate of drug-likeness (QED) is 0.625. The summed E-state index contributed by atoms with van der Waals surface area (Å²) in [6.45, 7) is 3.59. The maximum absolute atomic E-state index is 4.77. The molecular formula is C18H17N5. The number of para-hydroxylation sites is 1. The minimum absolute atomic E-state index is 0.717. The molecule has 114 valence electrons. The fourth-order valence-corrected chi connectivity index (χ4v) is 2.83. The molecule has 0 aliphatic carbocycles. The second kappa shape index (κ2) is 5.68. The van der Waals surface area contributed by atoms with Crippen molar-refractivity contribution in [1.82, 2.24) is 19.7 Å². The van der Waals surface area contributed by atoms with E-state index in [2.05, 4.69) is 34.5 Å². The Kier molecular flexibility index (Phi) is 3.38. The number of hydrogen-bond donors (Lipinski definition) is 1. The van der Waals surface area contributed by atoms with Gasteiger partial charge >= 0.3 is 0 Å². The van der Waals surface area contributed by atoms with Gasteiger partial charge in [-0.2, -0.15) is 5.10 Å². The topological polar surface area (TPSA) is 55.6 Å². The van der Waals surface area contributed by atoms with Crippen molar-refractivity contribution in [3.63, 3.8) is 0 Å². The highest BCUT2D eigenvalue weighted by Gasteiger charge is 2.12. The molecule has 0 radical (unpaired) electrons. The van der Waals surface area contributed by atoms with E-state index in [1.807, 2.05) is 41.3 Å². The Morgan fingerprint density at radius 1 is 1.04 bits per heavy atom. The predicted octanol–water partition coefficient (Wildman–Crippen LogP) is 3.61. The van der Waals surface area contributed by atoms with E-state index in [-0.39, 0.29) is 0 Å². The normalized spacial score (nSPS) is 11.2. The average Bonchev–Trinajstić information content (AvgIpc) is 3.02. The van der Waals surface area contributed by atoms with E-state index in [0.717, 1.165) is 39.7 Å². The molecule has 0 aliphatic rings. The summed E-state index contributed by atoms with van der Waals surface area (Å²) in [5.41, 5.74) is 4.11. The van der Waals surface area contributed by atoms with Crippen molar-refractivity contribution in [3.8, 4) is 0 Å². The highest BCUT2D eigenvalue weighted by atomic mass is 15.3. The van der Waals surface area contributed by atoms with Gasteiger partial charge in [-0.25, -0.2) is 9.67 Å². The van der Waals surface area contributed by atoms with Gasteiger partial charge in [-0.15, -0.1) is 0 Å². The van der Waals surface area contributed by atoms with Crippen LogP contribution in [0.25, 0.3) is 21.9 Å². The SMILES string of the molecule is CCn1ncc2c(NCc3cccnc3)c3ccccc3nc21. The van der Waals surface area contributed by atoms with Crippen molar-refractivity contribution in [1.29, 1.82) is 0 Å². The number of benzene rings is 1. The molecule has 3 aromatic heterocycles.